The maximum atomic E-state index is 15.4. The van der Waals surface area contributed by atoms with Gasteiger partial charge in [-0.2, -0.15) is 0 Å². The number of β-lactam (4-membered cyclic amide) rings is 1. The third-order valence-electron chi connectivity index (χ3n) is 12.5. The number of thiazole rings is 1. The largest absolute Gasteiger partial charge is 0.477 e. The van der Waals surface area contributed by atoms with Gasteiger partial charge in [-0.15, -0.1) is 34.4 Å². The molecule has 11 nitrogen and oxygen atoms in total. The number of ether oxygens (including phenoxy) is 1. The number of thioether (sulfide) groups is 1. The number of hydrogen-bond donors (Lipinski definition) is 3. The van der Waals surface area contributed by atoms with E-state index in [1.165, 1.54) is 39.3 Å². The predicted octanol–water partition coefficient (Wildman–Crippen LogP) is 11.1. The lowest BCUT2D eigenvalue weighted by molar-refractivity contribution is -0.149. The van der Waals surface area contributed by atoms with Crippen LogP contribution >= 0.6 is 50.4 Å². The van der Waals surface area contributed by atoms with Crippen LogP contribution in [-0.4, -0.2) is 62.8 Å². The molecule has 3 N–H and O–H groups in total. The third-order valence-corrected chi connectivity index (χ3v) is 16.4. The Kier molecular flexibility index (Phi) is 14.0. The number of carbonyl (C=O) groups is 3. The molecule has 4 heterocycles. The highest BCUT2D eigenvalue weighted by atomic mass is 79.9. The fraction of sp³-hybridized carbons (Fsp3) is 0.125. The zero-order valence-corrected chi connectivity index (χ0v) is 42.0. The number of amides is 2. The first kappa shape index (κ1) is 47.7. The standard InChI is InChI=1S/C56H44BrN5O6S3/c1-67-32-45-46(43(57)34-69-45)42-33-70-52-48(51(64)62(52)49(42)53(65)66)59-50(63)47(60-55(36-20-8-2-9-21-36,37-22-10-3-11-23-37)38-24-12-4-13-25-38)44-35-71-54(58-44)61-68-56(39-26-14-5-15-27-39,40-28-16-6-17-29-40)41-30-18-7-19-31-41/h2-31,34-35,48,52H,32-33H2,1H3,(H,58,61)(H,59,63)(H,65,66)/t48-,52+/m1/s1. The maximum absolute atomic E-state index is 15.4. The van der Waals surface area contributed by atoms with Gasteiger partial charge in [0.25, 0.3) is 11.8 Å². The Balaban J connectivity index is 1.08. The minimum absolute atomic E-state index is 0.0561. The van der Waals surface area contributed by atoms with Gasteiger partial charge in [0.1, 0.15) is 28.3 Å². The summed E-state index contributed by atoms with van der Waals surface area (Å²) < 4.78 is 6.15. The Bertz CT molecular complexity index is 3060. The molecule has 354 valence electrons. The number of carboxylic acids is 1. The molecule has 71 heavy (non-hydrogen) atoms. The van der Waals surface area contributed by atoms with Gasteiger partial charge in [0.2, 0.25) is 5.13 Å². The van der Waals surface area contributed by atoms with E-state index in [2.05, 4.69) is 26.7 Å². The second kappa shape index (κ2) is 20.8. The number of aromatic nitrogens is 1. The van der Waals surface area contributed by atoms with Gasteiger partial charge in [0.05, 0.1) is 6.61 Å². The molecule has 0 saturated carbocycles. The third kappa shape index (κ3) is 8.94. The Hall–Kier alpha value is -6.98. The Morgan fingerprint density at radius 3 is 1.68 bits per heavy atom. The first-order valence-electron chi connectivity index (χ1n) is 22.5. The SMILES string of the molecule is COCc1scc(Br)c1C1=C(C(=O)O)N2C(=O)[C@@H](NC(=O)C(=NC(c3ccccc3)(c3ccccc3)c3ccccc3)c3csc(NOC(c4ccccc4)(c4ccccc4)c4ccccc4)n3)[C@@H]2SC1. The molecule has 8 aromatic rings. The minimum Gasteiger partial charge on any atom is -0.477 e. The van der Waals surface area contributed by atoms with Crippen LogP contribution in [0.3, 0.4) is 0 Å². The van der Waals surface area contributed by atoms with Gasteiger partial charge in [-0.05, 0) is 49.3 Å². The fourth-order valence-electron chi connectivity index (χ4n) is 9.31. The number of fused-ring (bicyclic) bond motifs is 1. The fourth-order valence-corrected chi connectivity index (χ4v) is 13.1. The molecule has 2 amide bonds. The number of methoxy groups -OCH3 is 1. The van der Waals surface area contributed by atoms with E-state index in [-0.39, 0.29) is 29.5 Å². The highest BCUT2D eigenvalue weighted by Crippen LogP contribution is 2.48. The van der Waals surface area contributed by atoms with Crippen LogP contribution in [-0.2, 0) is 41.7 Å². The van der Waals surface area contributed by atoms with E-state index in [0.717, 1.165) is 38.3 Å². The maximum Gasteiger partial charge on any atom is 0.352 e. The van der Waals surface area contributed by atoms with Gasteiger partial charge in [0, 0.05) is 44.1 Å². The number of rotatable bonds is 17. The van der Waals surface area contributed by atoms with E-state index in [1.807, 2.05) is 187 Å². The number of halogens is 1. The van der Waals surface area contributed by atoms with Gasteiger partial charge in [-0.1, -0.05) is 182 Å². The molecule has 0 aliphatic carbocycles. The van der Waals surface area contributed by atoms with Crippen molar-refractivity contribution in [2.24, 2.45) is 4.99 Å². The summed E-state index contributed by atoms with van der Waals surface area (Å²) >= 11 is 7.66. The Morgan fingerprint density at radius 1 is 0.732 bits per heavy atom. The summed E-state index contributed by atoms with van der Waals surface area (Å²) in [5.41, 5.74) is 6.92. The topological polar surface area (TPSA) is 142 Å². The molecule has 0 unspecified atom stereocenters. The van der Waals surface area contributed by atoms with Crippen LogP contribution in [0.5, 0.6) is 0 Å². The smallest absolute Gasteiger partial charge is 0.352 e. The summed E-state index contributed by atoms with van der Waals surface area (Å²) in [6.07, 6.45) is 0. The zero-order valence-electron chi connectivity index (χ0n) is 38.0. The Morgan fingerprint density at radius 2 is 1.21 bits per heavy atom. The molecule has 0 bridgehead atoms. The summed E-state index contributed by atoms with van der Waals surface area (Å²) in [6.45, 7) is 0.273. The molecule has 6 aromatic carbocycles. The summed E-state index contributed by atoms with van der Waals surface area (Å²) in [4.78, 5) is 62.5. The number of anilines is 1. The summed E-state index contributed by atoms with van der Waals surface area (Å²) in [5.74, 6) is -2.20. The van der Waals surface area contributed by atoms with Gasteiger partial charge in [-0.25, -0.2) is 15.3 Å². The molecule has 1 fully saturated rings. The van der Waals surface area contributed by atoms with Gasteiger partial charge >= 0.3 is 5.97 Å². The molecule has 1 saturated heterocycles. The molecular formula is C56H44BrN5O6S3. The predicted molar refractivity (Wildman–Crippen MR) is 284 cm³/mol. The summed E-state index contributed by atoms with van der Waals surface area (Å²) in [7, 11) is 1.58. The number of thiophene rings is 1. The normalized spacial score (nSPS) is 16.0. The molecule has 2 aliphatic heterocycles. The van der Waals surface area contributed by atoms with Gasteiger partial charge < -0.3 is 15.2 Å². The average Bonchev–Trinajstić information content (AvgIpc) is 4.05. The van der Waals surface area contributed by atoms with Crippen LogP contribution in [0.2, 0.25) is 0 Å². The van der Waals surface area contributed by atoms with Crippen LogP contribution in [0.25, 0.3) is 5.57 Å². The highest BCUT2D eigenvalue weighted by Gasteiger charge is 2.55. The zero-order chi connectivity index (χ0) is 49.0. The van der Waals surface area contributed by atoms with Crippen LogP contribution in [0.4, 0.5) is 5.13 Å². The molecular weight excluding hydrogens is 1010 g/mol. The van der Waals surface area contributed by atoms with Gasteiger partial charge in [-0.3, -0.25) is 24.3 Å². The van der Waals surface area contributed by atoms with E-state index in [0.29, 0.717) is 20.7 Å². The molecule has 15 heteroatoms. The first-order valence-corrected chi connectivity index (χ1v) is 26.1. The molecule has 2 aromatic heterocycles. The van der Waals surface area contributed by atoms with Crippen LogP contribution in [0.1, 0.15) is 49.5 Å². The molecule has 0 radical (unpaired) electrons. The van der Waals surface area contributed by atoms with Crippen molar-refractivity contribution in [3.05, 3.63) is 252 Å². The number of nitrogens with one attached hydrogen (secondary N) is 2. The first-order chi connectivity index (χ1) is 34.7. The van der Waals surface area contributed by atoms with E-state index in [1.54, 1.807) is 12.5 Å². The van der Waals surface area contributed by atoms with Crippen molar-refractivity contribution < 1.29 is 29.1 Å². The molecule has 2 atom stereocenters. The summed E-state index contributed by atoms with van der Waals surface area (Å²) in [6, 6.07) is 58.0. The average molecular weight is 1060 g/mol. The van der Waals surface area contributed by atoms with Crippen molar-refractivity contribution in [2.45, 2.75) is 29.2 Å². The van der Waals surface area contributed by atoms with Crippen LogP contribution < -0.4 is 10.8 Å². The number of aliphatic imine (C=N–C) groups is 1. The number of benzene rings is 6. The van der Waals surface area contributed by atoms with Crippen LogP contribution in [0.15, 0.2) is 208 Å². The van der Waals surface area contributed by atoms with Crippen molar-refractivity contribution in [2.75, 3.05) is 18.3 Å². The highest BCUT2D eigenvalue weighted by molar-refractivity contribution is 9.10. The molecule has 2 aliphatic rings. The van der Waals surface area contributed by atoms with Crippen molar-refractivity contribution in [3.8, 4) is 0 Å². The van der Waals surface area contributed by atoms with Crippen molar-refractivity contribution in [1.29, 1.82) is 0 Å². The van der Waals surface area contributed by atoms with E-state index >= 15 is 4.79 Å². The molecule has 0 spiro atoms. The minimum atomic E-state index is -1.30. The van der Waals surface area contributed by atoms with Crippen molar-refractivity contribution >= 4 is 84.6 Å². The van der Waals surface area contributed by atoms with Crippen LogP contribution in [0, 0.1) is 0 Å². The number of nitrogens with zero attached hydrogens (tertiary/aromatic N) is 3. The molecule has 10 rings (SSSR count). The lowest BCUT2D eigenvalue weighted by atomic mass is 9.77. The Labute approximate surface area is 431 Å². The van der Waals surface area contributed by atoms with E-state index in [4.69, 9.17) is 19.6 Å². The number of carbonyl (C=O) groups excluding carboxylic acids is 2. The number of carboxylic acid groups (broad SMARTS) is 1. The van der Waals surface area contributed by atoms with E-state index in [9.17, 15) is 14.7 Å². The quantitative estimate of drug-likeness (QED) is 0.0352. The lowest BCUT2D eigenvalue weighted by Crippen LogP contribution is -2.71. The number of aliphatic carboxylic acids is 1. The van der Waals surface area contributed by atoms with Crippen molar-refractivity contribution in [1.82, 2.24) is 15.2 Å². The van der Waals surface area contributed by atoms with Gasteiger partial charge in [0.15, 0.2) is 11.3 Å². The monoisotopic (exact) mass is 1060 g/mol. The second-order valence-electron chi connectivity index (χ2n) is 16.6. The lowest BCUT2D eigenvalue weighted by Gasteiger charge is -2.49. The van der Waals surface area contributed by atoms with E-state index < -0.39 is 40.3 Å². The second-order valence-corrected chi connectivity index (χ2v) is 20.4. The summed E-state index contributed by atoms with van der Waals surface area (Å²) in [5, 5.41) is 16.9. The number of hydrogen-bond acceptors (Lipinski definition) is 11. The van der Waals surface area contributed by atoms with Crippen molar-refractivity contribution in [3.63, 3.8) is 0 Å².